The smallest absolute Gasteiger partial charge is 0.169 e. The Morgan fingerprint density at radius 2 is 1.65 bits per heavy atom. The van der Waals surface area contributed by atoms with Crippen LogP contribution in [0.25, 0.3) is 21.9 Å². The van der Waals surface area contributed by atoms with Crippen LogP contribution in [0.15, 0.2) is 48.5 Å². The van der Waals surface area contributed by atoms with Gasteiger partial charge >= 0.3 is 0 Å². The maximum Gasteiger partial charge on any atom is 0.169 e. The van der Waals surface area contributed by atoms with E-state index in [0.29, 0.717) is 6.54 Å². The van der Waals surface area contributed by atoms with E-state index in [1.165, 1.54) is 5.56 Å². The topological polar surface area (TPSA) is 80.8 Å². The van der Waals surface area contributed by atoms with Crippen molar-refractivity contribution < 1.29 is 0 Å². The highest BCUT2D eigenvalue weighted by atomic mass is 15.4. The molecule has 0 saturated carbocycles. The van der Waals surface area contributed by atoms with Gasteiger partial charge in [0.05, 0.1) is 11.0 Å². The Bertz CT molecular complexity index is 1240. The van der Waals surface area contributed by atoms with Gasteiger partial charge in [-0.25, -0.2) is 15.4 Å². The van der Waals surface area contributed by atoms with Crippen LogP contribution in [0.5, 0.6) is 0 Å². The van der Waals surface area contributed by atoms with E-state index in [1.807, 2.05) is 6.07 Å². The van der Waals surface area contributed by atoms with Gasteiger partial charge in [-0.15, -0.1) is 0 Å². The minimum Gasteiger partial charge on any atom is -0.326 e. The van der Waals surface area contributed by atoms with Gasteiger partial charge in [0.1, 0.15) is 11.3 Å². The lowest BCUT2D eigenvalue weighted by Crippen LogP contribution is -2.44. The van der Waals surface area contributed by atoms with Gasteiger partial charge in [0.2, 0.25) is 0 Å². The molecule has 180 valence electrons. The van der Waals surface area contributed by atoms with Gasteiger partial charge in [-0.05, 0) is 43.4 Å². The van der Waals surface area contributed by atoms with E-state index in [9.17, 15) is 0 Å². The molecule has 0 atom stereocenters. The van der Waals surface area contributed by atoms with E-state index in [4.69, 9.17) is 15.7 Å². The van der Waals surface area contributed by atoms with Crippen LogP contribution in [0.4, 0.5) is 5.82 Å². The highest BCUT2D eigenvalue weighted by Gasteiger charge is 2.22. The summed E-state index contributed by atoms with van der Waals surface area (Å²) >= 11 is 0. The fourth-order valence-corrected chi connectivity index (χ4v) is 4.27. The van der Waals surface area contributed by atoms with Crippen molar-refractivity contribution in [3.8, 4) is 0 Å². The number of nitrogens with one attached hydrogen (secondary N) is 2. The van der Waals surface area contributed by atoms with Gasteiger partial charge in [-0.2, -0.15) is 0 Å². The first-order valence-corrected chi connectivity index (χ1v) is 12.6. The number of nitrogens with two attached hydrogens (primary N) is 1. The first kappa shape index (κ1) is 24.2. The summed E-state index contributed by atoms with van der Waals surface area (Å²) in [6, 6.07) is 17.0. The molecular formula is C28H38N6. The molecule has 6 heteroatoms. The molecule has 2 aromatic carbocycles. The van der Waals surface area contributed by atoms with Crippen molar-refractivity contribution in [2.75, 3.05) is 5.43 Å². The van der Waals surface area contributed by atoms with E-state index < -0.39 is 0 Å². The maximum absolute atomic E-state index is 5.81. The summed E-state index contributed by atoms with van der Waals surface area (Å²) in [6.45, 7) is 10.2. The summed E-state index contributed by atoms with van der Waals surface area (Å²) in [7, 11) is 0. The van der Waals surface area contributed by atoms with E-state index in [0.717, 1.165) is 77.8 Å². The summed E-state index contributed by atoms with van der Waals surface area (Å²) < 4.78 is 2.39. The lowest BCUT2D eigenvalue weighted by atomic mass is 9.97. The number of nitrogens with zero attached hydrogens (tertiary/aromatic N) is 3. The Morgan fingerprint density at radius 1 is 0.941 bits per heavy atom. The number of hydrogen-bond acceptors (Lipinski definition) is 5. The number of benzene rings is 2. The fraction of sp³-hybridized carbons (Fsp3) is 0.429. The van der Waals surface area contributed by atoms with E-state index in [2.05, 4.69) is 85.6 Å². The zero-order valence-electron chi connectivity index (χ0n) is 21.0. The van der Waals surface area contributed by atoms with E-state index >= 15 is 0 Å². The summed E-state index contributed by atoms with van der Waals surface area (Å²) in [6.07, 6.45) is 5.20. The number of unbranched alkanes of at least 4 members (excludes halogenated alkanes) is 1. The largest absolute Gasteiger partial charge is 0.326 e. The van der Waals surface area contributed by atoms with Crippen molar-refractivity contribution >= 4 is 27.8 Å². The number of imidazole rings is 1. The molecule has 0 aliphatic rings. The number of aryl methyl sites for hydroxylation is 1. The Balaban J connectivity index is 1.86. The van der Waals surface area contributed by atoms with Crippen molar-refractivity contribution in [1.29, 1.82) is 0 Å². The standard InChI is InChI=1S/C28H38N6/c1-5-8-13-24-31-25-26(34(24)19-21-16-14-20(18-29)15-17-21)22-11-9-10-12-23(22)30-27(25)32-33-28(4,6-2)7-3/h9-12,14-17,33H,5-8,13,18-19,29H2,1-4H3,(H,30,32). The van der Waals surface area contributed by atoms with Crippen molar-refractivity contribution in [2.45, 2.75) is 78.4 Å². The van der Waals surface area contributed by atoms with Gasteiger partial charge < -0.3 is 15.7 Å². The van der Waals surface area contributed by atoms with Crippen LogP contribution in [0.3, 0.4) is 0 Å². The van der Waals surface area contributed by atoms with Crippen LogP contribution >= 0.6 is 0 Å². The molecule has 4 aromatic rings. The van der Waals surface area contributed by atoms with Crippen LogP contribution < -0.4 is 16.6 Å². The molecule has 4 rings (SSSR count). The number of para-hydroxylation sites is 1. The SMILES string of the molecule is CCCCc1nc2c(NNC(C)(CC)CC)nc3ccccc3c2n1Cc1ccc(CN)cc1. The molecular weight excluding hydrogens is 420 g/mol. The minimum absolute atomic E-state index is 0.0159. The summed E-state index contributed by atoms with van der Waals surface area (Å²) in [5, 5.41) is 1.13. The Morgan fingerprint density at radius 3 is 2.32 bits per heavy atom. The van der Waals surface area contributed by atoms with Crippen LogP contribution in [0.1, 0.15) is 70.3 Å². The molecule has 0 amide bonds. The molecule has 0 fully saturated rings. The van der Waals surface area contributed by atoms with Crippen molar-refractivity contribution in [2.24, 2.45) is 5.73 Å². The molecule has 0 aliphatic heterocycles. The molecule has 4 N–H and O–H groups in total. The predicted octanol–water partition coefficient (Wildman–Crippen LogP) is 5.93. The number of hydrogen-bond donors (Lipinski definition) is 3. The number of aromatic nitrogens is 3. The third-order valence-corrected chi connectivity index (χ3v) is 7.06. The Hall–Kier alpha value is -2.96. The van der Waals surface area contributed by atoms with Crippen molar-refractivity contribution in [3.63, 3.8) is 0 Å². The van der Waals surface area contributed by atoms with Gasteiger partial charge in [0.25, 0.3) is 0 Å². The average Bonchev–Trinajstić information content (AvgIpc) is 3.24. The maximum atomic E-state index is 5.81. The van der Waals surface area contributed by atoms with Gasteiger partial charge in [-0.3, -0.25) is 0 Å². The molecule has 0 saturated heterocycles. The zero-order valence-corrected chi connectivity index (χ0v) is 21.0. The van der Waals surface area contributed by atoms with Gasteiger partial charge in [0.15, 0.2) is 5.82 Å². The predicted molar refractivity (Wildman–Crippen MR) is 143 cm³/mol. The lowest BCUT2D eigenvalue weighted by Gasteiger charge is -2.28. The number of hydrazine groups is 1. The van der Waals surface area contributed by atoms with Crippen LogP contribution in [0.2, 0.25) is 0 Å². The Labute approximate surface area is 202 Å². The average molecular weight is 459 g/mol. The molecule has 0 spiro atoms. The molecule has 0 radical (unpaired) electrons. The van der Waals surface area contributed by atoms with Gasteiger partial charge in [-0.1, -0.05) is 69.7 Å². The highest BCUT2D eigenvalue weighted by molar-refractivity contribution is 6.07. The summed E-state index contributed by atoms with van der Waals surface area (Å²) in [4.78, 5) is 10.1. The number of pyridine rings is 1. The number of fused-ring (bicyclic) bond motifs is 3. The number of anilines is 1. The second-order valence-corrected chi connectivity index (χ2v) is 9.43. The fourth-order valence-electron chi connectivity index (χ4n) is 4.27. The first-order chi connectivity index (χ1) is 16.5. The highest BCUT2D eigenvalue weighted by Crippen LogP contribution is 2.31. The van der Waals surface area contributed by atoms with E-state index in [-0.39, 0.29) is 5.54 Å². The minimum atomic E-state index is -0.0159. The van der Waals surface area contributed by atoms with Crippen LogP contribution in [0, 0.1) is 0 Å². The zero-order chi connectivity index (χ0) is 24.1. The van der Waals surface area contributed by atoms with Crippen LogP contribution in [-0.2, 0) is 19.5 Å². The number of rotatable bonds is 11. The lowest BCUT2D eigenvalue weighted by molar-refractivity contribution is 0.357. The molecule has 0 unspecified atom stereocenters. The third kappa shape index (κ3) is 4.93. The first-order valence-electron chi connectivity index (χ1n) is 12.6. The van der Waals surface area contributed by atoms with E-state index in [1.54, 1.807) is 0 Å². The molecule has 2 heterocycles. The molecule has 34 heavy (non-hydrogen) atoms. The van der Waals surface area contributed by atoms with Crippen molar-refractivity contribution in [3.05, 3.63) is 65.5 Å². The molecule has 0 aliphatic carbocycles. The molecule has 2 aromatic heterocycles. The molecule has 0 bridgehead atoms. The second kappa shape index (κ2) is 10.5. The second-order valence-electron chi connectivity index (χ2n) is 9.43. The van der Waals surface area contributed by atoms with Crippen molar-refractivity contribution in [1.82, 2.24) is 20.0 Å². The third-order valence-electron chi connectivity index (χ3n) is 7.06. The van der Waals surface area contributed by atoms with Gasteiger partial charge in [0, 0.05) is 30.4 Å². The summed E-state index contributed by atoms with van der Waals surface area (Å²) in [5.74, 6) is 1.89. The monoisotopic (exact) mass is 458 g/mol. The molecule has 6 nitrogen and oxygen atoms in total. The summed E-state index contributed by atoms with van der Waals surface area (Å²) in [5.41, 5.74) is 18.2. The Kier molecular flexibility index (Phi) is 7.49. The normalized spacial score (nSPS) is 12.0. The quantitative estimate of drug-likeness (QED) is 0.243. The van der Waals surface area contributed by atoms with Crippen LogP contribution in [-0.4, -0.2) is 20.1 Å².